The van der Waals surface area contributed by atoms with Crippen molar-refractivity contribution in [2.24, 2.45) is 0 Å². The van der Waals surface area contributed by atoms with E-state index >= 15 is 0 Å². The Kier molecular flexibility index (Phi) is 5.18. The highest BCUT2D eigenvalue weighted by molar-refractivity contribution is 7.98. The first-order valence-corrected chi connectivity index (χ1v) is 7.39. The minimum atomic E-state index is -1.05. The van der Waals surface area contributed by atoms with Gasteiger partial charge in [-0.2, -0.15) is 11.8 Å². The zero-order valence-electron chi connectivity index (χ0n) is 10.1. The average molecular weight is 289 g/mol. The summed E-state index contributed by atoms with van der Waals surface area (Å²) in [5.41, 5.74) is -0.970. The molecule has 1 rings (SSSR count). The number of carboxylic acids is 1. The molecule has 0 bridgehead atoms. The van der Waals surface area contributed by atoms with Crippen LogP contribution in [0.4, 0.5) is 0 Å². The van der Waals surface area contributed by atoms with Crippen molar-refractivity contribution >= 4 is 35.0 Å². The molecule has 0 saturated carbocycles. The van der Waals surface area contributed by atoms with E-state index in [-0.39, 0.29) is 17.3 Å². The zero-order chi connectivity index (χ0) is 13.8. The van der Waals surface area contributed by atoms with Crippen LogP contribution in [0, 0.1) is 0 Å². The van der Waals surface area contributed by atoms with Gasteiger partial charge in [0.1, 0.15) is 4.88 Å². The quantitative estimate of drug-likeness (QED) is 0.734. The van der Waals surface area contributed by atoms with Crippen molar-refractivity contribution in [3.05, 3.63) is 21.9 Å². The van der Waals surface area contributed by atoms with Crippen molar-refractivity contribution in [2.45, 2.75) is 12.5 Å². The molecule has 1 amide bonds. The van der Waals surface area contributed by atoms with Gasteiger partial charge in [-0.25, -0.2) is 4.79 Å². The molecule has 1 aromatic heterocycles. The normalized spacial score (nSPS) is 13.9. The number of carbonyl (C=O) groups is 2. The van der Waals surface area contributed by atoms with Crippen molar-refractivity contribution < 1.29 is 19.8 Å². The SMILES string of the molecule is CSCC(C)(O)CNC(=O)c1ccc(C(=O)O)s1. The minimum absolute atomic E-state index is 0.121. The highest BCUT2D eigenvalue weighted by Gasteiger charge is 2.21. The third-order valence-electron chi connectivity index (χ3n) is 2.13. The molecule has 5 nitrogen and oxygen atoms in total. The van der Waals surface area contributed by atoms with Crippen LogP contribution in [-0.2, 0) is 0 Å². The van der Waals surface area contributed by atoms with E-state index in [2.05, 4.69) is 5.32 Å². The van der Waals surface area contributed by atoms with Gasteiger partial charge in [0.15, 0.2) is 0 Å². The summed E-state index contributed by atoms with van der Waals surface area (Å²) in [7, 11) is 0. The van der Waals surface area contributed by atoms with Crippen molar-refractivity contribution in [3.63, 3.8) is 0 Å². The van der Waals surface area contributed by atoms with E-state index in [9.17, 15) is 14.7 Å². The number of nitrogens with one attached hydrogen (secondary N) is 1. The van der Waals surface area contributed by atoms with Gasteiger partial charge in [-0.3, -0.25) is 4.79 Å². The van der Waals surface area contributed by atoms with Crippen LogP contribution in [0.5, 0.6) is 0 Å². The van der Waals surface area contributed by atoms with Crippen molar-refractivity contribution in [2.75, 3.05) is 18.6 Å². The molecule has 0 aliphatic rings. The molecule has 0 spiro atoms. The topological polar surface area (TPSA) is 86.6 Å². The van der Waals surface area contributed by atoms with Gasteiger partial charge < -0.3 is 15.5 Å². The van der Waals surface area contributed by atoms with Crippen molar-refractivity contribution in [1.29, 1.82) is 0 Å². The first-order chi connectivity index (χ1) is 8.35. The summed E-state index contributed by atoms with van der Waals surface area (Å²) in [5.74, 6) is -0.903. The number of hydrogen-bond acceptors (Lipinski definition) is 5. The lowest BCUT2D eigenvalue weighted by atomic mass is 10.1. The summed E-state index contributed by atoms with van der Waals surface area (Å²) < 4.78 is 0. The Labute approximate surface area is 113 Å². The summed E-state index contributed by atoms with van der Waals surface area (Å²) in [5, 5.41) is 21.2. The zero-order valence-corrected chi connectivity index (χ0v) is 11.7. The summed E-state index contributed by atoms with van der Waals surface area (Å²) >= 11 is 2.40. The summed E-state index contributed by atoms with van der Waals surface area (Å²) in [6.07, 6.45) is 1.87. The molecule has 0 aliphatic carbocycles. The molecule has 1 atom stereocenters. The van der Waals surface area contributed by atoms with Gasteiger partial charge in [0.2, 0.25) is 0 Å². The molecule has 0 aromatic carbocycles. The Morgan fingerprint density at radius 3 is 2.56 bits per heavy atom. The van der Waals surface area contributed by atoms with E-state index in [1.165, 1.54) is 23.9 Å². The molecular weight excluding hydrogens is 274 g/mol. The summed E-state index contributed by atoms with van der Waals surface area (Å²) in [6, 6.07) is 2.86. The molecular formula is C11H15NO4S2. The van der Waals surface area contributed by atoms with E-state index in [1.807, 2.05) is 6.26 Å². The van der Waals surface area contributed by atoms with Gasteiger partial charge >= 0.3 is 5.97 Å². The van der Waals surface area contributed by atoms with Crippen molar-refractivity contribution in [3.8, 4) is 0 Å². The maximum Gasteiger partial charge on any atom is 0.345 e. The van der Waals surface area contributed by atoms with Crippen LogP contribution in [-0.4, -0.2) is 46.2 Å². The van der Waals surface area contributed by atoms with Crippen LogP contribution >= 0.6 is 23.1 Å². The average Bonchev–Trinajstić information content (AvgIpc) is 2.75. The molecule has 1 aromatic rings. The lowest BCUT2D eigenvalue weighted by Crippen LogP contribution is -2.42. The van der Waals surface area contributed by atoms with Crippen LogP contribution in [0.15, 0.2) is 12.1 Å². The molecule has 1 unspecified atom stereocenters. The second-order valence-corrected chi connectivity index (χ2v) is 6.03. The minimum Gasteiger partial charge on any atom is -0.477 e. The van der Waals surface area contributed by atoms with Crippen LogP contribution in [0.25, 0.3) is 0 Å². The van der Waals surface area contributed by atoms with Gasteiger partial charge in [0.05, 0.1) is 10.5 Å². The largest absolute Gasteiger partial charge is 0.477 e. The molecule has 100 valence electrons. The number of aromatic carboxylic acids is 1. The lowest BCUT2D eigenvalue weighted by molar-refractivity contribution is 0.0702. The second-order valence-electron chi connectivity index (χ2n) is 4.08. The van der Waals surface area contributed by atoms with E-state index in [0.717, 1.165) is 11.3 Å². The molecule has 0 radical (unpaired) electrons. The maximum atomic E-state index is 11.7. The van der Waals surface area contributed by atoms with E-state index in [4.69, 9.17) is 5.11 Å². The summed E-state index contributed by atoms with van der Waals surface area (Å²) in [4.78, 5) is 22.8. The molecule has 7 heteroatoms. The van der Waals surface area contributed by atoms with Gasteiger partial charge in [-0.05, 0) is 25.3 Å². The third kappa shape index (κ3) is 4.32. The molecule has 0 saturated heterocycles. The first-order valence-electron chi connectivity index (χ1n) is 5.18. The fourth-order valence-corrected chi connectivity index (χ4v) is 2.78. The number of amides is 1. The van der Waals surface area contributed by atoms with Crippen LogP contribution in [0.2, 0.25) is 0 Å². The van der Waals surface area contributed by atoms with E-state index in [0.29, 0.717) is 10.6 Å². The Balaban J connectivity index is 2.57. The first kappa shape index (κ1) is 15.0. The highest BCUT2D eigenvalue weighted by Crippen LogP contribution is 2.16. The van der Waals surface area contributed by atoms with Crippen LogP contribution in [0.1, 0.15) is 26.3 Å². The van der Waals surface area contributed by atoms with E-state index < -0.39 is 11.6 Å². The molecule has 0 fully saturated rings. The fraction of sp³-hybridized carbons (Fsp3) is 0.455. The Bertz CT molecular complexity index is 442. The fourth-order valence-electron chi connectivity index (χ4n) is 1.29. The maximum absolute atomic E-state index is 11.7. The van der Waals surface area contributed by atoms with E-state index in [1.54, 1.807) is 6.92 Å². The number of thioether (sulfide) groups is 1. The number of rotatable bonds is 6. The Morgan fingerprint density at radius 1 is 1.44 bits per heavy atom. The smallest absolute Gasteiger partial charge is 0.345 e. The molecule has 3 N–H and O–H groups in total. The van der Waals surface area contributed by atoms with Gasteiger partial charge in [0.25, 0.3) is 5.91 Å². The molecule has 18 heavy (non-hydrogen) atoms. The summed E-state index contributed by atoms with van der Waals surface area (Å²) in [6.45, 7) is 1.77. The van der Waals surface area contributed by atoms with Crippen LogP contribution < -0.4 is 5.32 Å². The van der Waals surface area contributed by atoms with Gasteiger partial charge in [-0.1, -0.05) is 0 Å². The standard InChI is InChI=1S/C11H15NO4S2/c1-11(16,6-17-2)5-12-9(13)7-3-4-8(18-7)10(14)15/h3-4,16H,5-6H2,1-2H3,(H,12,13)(H,14,15). The number of hydrogen-bond donors (Lipinski definition) is 3. The lowest BCUT2D eigenvalue weighted by Gasteiger charge is -2.22. The predicted octanol–water partition coefficient (Wildman–Crippen LogP) is 1.29. The number of thiophene rings is 1. The number of aliphatic hydroxyl groups is 1. The monoisotopic (exact) mass is 289 g/mol. The Hall–Kier alpha value is -1.05. The number of carbonyl (C=O) groups excluding carboxylic acids is 1. The second kappa shape index (κ2) is 6.21. The van der Waals surface area contributed by atoms with Crippen LogP contribution in [0.3, 0.4) is 0 Å². The Morgan fingerprint density at radius 2 is 2.06 bits per heavy atom. The van der Waals surface area contributed by atoms with Gasteiger partial charge in [0, 0.05) is 12.3 Å². The third-order valence-corrected chi connectivity index (χ3v) is 4.11. The van der Waals surface area contributed by atoms with Gasteiger partial charge in [-0.15, -0.1) is 11.3 Å². The van der Waals surface area contributed by atoms with Crippen molar-refractivity contribution in [1.82, 2.24) is 5.32 Å². The molecule has 0 aliphatic heterocycles. The highest BCUT2D eigenvalue weighted by atomic mass is 32.2. The predicted molar refractivity (Wildman–Crippen MR) is 72.6 cm³/mol. The number of carboxylic acid groups (broad SMARTS) is 1. The molecule has 1 heterocycles.